The van der Waals surface area contributed by atoms with E-state index >= 15 is 0 Å². The summed E-state index contributed by atoms with van der Waals surface area (Å²) in [5.74, 6) is 0.120. The smallest absolute Gasteiger partial charge is 0.255 e. The number of anilines is 1. The topological polar surface area (TPSA) is 45.2 Å². The fourth-order valence-electron chi connectivity index (χ4n) is 2.54. The number of unbranched alkanes of at least 4 members (excludes halogenated alkanes) is 2. The van der Waals surface area contributed by atoms with Gasteiger partial charge in [0.1, 0.15) is 0 Å². The van der Waals surface area contributed by atoms with Crippen LogP contribution >= 0.6 is 0 Å². The minimum Gasteiger partial charge on any atom is -0.384 e. The minimum atomic E-state index is 0.120. The van der Waals surface area contributed by atoms with Gasteiger partial charge in [0, 0.05) is 32.0 Å². The first kappa shape index (κ1) is 14.8. The van der Waals surface area contributed by atoms with Gasteiger partial charge in [0.2, 0.25) is 0 Å². The molecule has 1 aromatic heterocycles. The molecule has 0 bridgehead atoms. The highest BCUT2D eigenvalue weighted by Crippen LogP contribution is 2.15. The number of hydrogen-bond donors (Lipinski definition) is 1. The van der Waals surface area contributed by atoms with Crippen molar-refractivity contribution in [2.45, 2.75) is 45.4 Å². The van der Waals surface area contributed by atoms with Gasteiger partial charge in [0.15, 0.2) is 0 Å². The third kappa shape index (κ3) is 4.22. The Morgan fingerprint density at radius 2 is 2.05 bits per heavy atom. The lowest BCUT2D eigenvalue weighted by Crippen LogP contribution is -2.35. The molecule has 110 valence electrons. The lowest BCUT2D eigenvalue weighted by atomic mass is 10.1. The number of amides is 1. The van der Waals surface area contributed by atoms with Gasteiger partial charge < -0.3 is 10.2 Å². The molecule has 4 nitrogen and oxygen atoms in total. The van der Waals surface area contributed by atoms with Crippen molar-refractivity contribution in [3.63, 3.8) is 0 Å². The molecule has 20 heavy (non-hydrogen) atoms. The monoisotopic (exact) mass is 275 g/mol. The summed E-state index contributed by atoms with van der Waals surface area (Å²) < 4.78 is 0. The van der Waals surface area contributed by atoms with E-state index in [4.69, 9.17) is 0 Å². The molecule has 1 aromatic rings. The number of hydrogen-bond acceptors (Lipinski definition) is 3. The Morgan fingerprint density at radius 3 is 2.80 bits per heavy atom. The molecule has 0 radical (unpaired) electrons. The fraction of sp³-hybridized carbons (Fsp3) is 0.625. The van der Waals surface area contributed by atoms with Crippen LogP contribution in [0.3, 0.4) is 0 Å². The molecule has 1 saturated heterocycles. The van der Waals surface area contributed by atoms with Gasteiger partial charge >= 0.3 is 0 Å². The second-order valence-corrected chi connectivity index (χ2v) is 5.45. The highest BCUT2D eigenvalue weighted by atomic mass is 16.2. The van der Waals surface area contributed by atoms with Gasteiger partial charge in [-0.1, -0.05) is 19.8 Å². The maximum Gasteiger partial charge on any atom is 0.255 e. The lowest BCUT2D eigenvalue weighted by molar-refractivity contribution is 0.0724. The van der Waals surface area contributed by atoms with Gasteiger partial charge in [-0.3, -0.25) is 9.78 Å². The quantitative estimate of drug-likeness (QED) is 0.810. The van der Waals surface area contributed by atoms with Crippen molar-refractivity contribution in [1.82, 2.24) is 9.88 Å². The highest BCUT2D eigenvalue weighted by molar-refractivity contribution is 5.94. The maximum atomic E-state index is 12.4. The number of carbonyl (C=O) groups is 1. The van der Waals surface area contributed by atoms with Crippen molar-refractivity contribution in [3.8, 4) is 0 Å². The Bertz CT molecular complexity index is 427. The summed E-state index contributed by atoms with van der Waals surface area (Å²) in [5, 5.41) is 3.34. The van der Waals surface area contributed by atoms with E-state index in [0.29, 0.717) is 5.56 Å². The van der Waals surface area contributed by atoms with Crippen molar-refractivity contribution in [1.29, 1.82) is 0 Å². The Hall–Kier alpha value is -1.58. The van der Waals surface area contributed by atoms with Crippen molar-refractivity contribution in [2.24, 2.45) is 0 Å². The van der Waals surface area contributed by atoms with Crippen LogP contribution in [0.1, 0.15) is 55.8 Å². The van der Waals surface area contributed by atoms with E-state index in [9.17, 15) is 4.79 Å². The normalized spacial score (nSPS) is 15.2. The lowest BCUT2D eigenvalue weighted by Gasteiger charge is -2.26. The standard InChI is InChI=1S/C16H25N3O/c1-2-3-5-8-18-15-11-14(12-17-13-15)16(20)19-9-6-4-7-10-19/h11-13,18H,2-10H2,1H3. The van der Waals surface area contributed by atoms with Crippen LogP contribution < -0.4 is 5.32 Å². The van der Waals surface area contributed by atoms with E-state index in [1.807, 2.05) is 11.0 Å². The Labute approximate surface area is 121 Å². The average molecular weight is 275 g/mol. The van der Waals surface area contributed by atoms with Crippen molar-refractivity contribution in [2.75, 3.05) is 25.0 Å². The van der Waals surface area contributed by atoms with Crippen LogP contribution in [0.25, 0.3) is 0 Å². The molecule has 2 heterocycles. The van der Waals surface area contributed by atoms with Crippen LogP contribution in [0.15, 0.2) is 18.5 Å². The number of pyridine rings is 1. The summed E-state index contributed by atoms with van der Waals surface area (Å²) in [4.78, 5) is 18.5. The molecule has 1 N–H and O–H groups in total. The van der Waals surface area contributed by atoms with Crippen molar-refractivity contribution < 1.29 is 4.79 Å². The molecule has 1 fully saturated rings. The van der Waals surface area contributed by atoms with Crippen LogP contribution in [-0.4, -0.2) is 35.4 Å². The molecule has 1 amide bonds. The number of carbonyl (C=O) groups excluding carboxylic acids is 1. The zero-order chi connectivity index (χ0) is 14.2. The van der Waals surface area contributed by atoms with Gasteiger partial charge in [0.05, 0.1) is 11.3 Å². The number of likely N-dealkylation sites (tertiary alicyclic amines) is 1. The SMILES string of the molecule is CCCCCNc1cncc(C(=O)N2CCCCC2)c1. The third-order valence-corrected chi connectivity index (χ3v) is 3.74. The maximum absolute atomic E-state index is 12.4. The average Bonchev–Trinajstić information content (AvgIpc) is 2.52. The highest BCUT2D eigenvalue weighted by Gasteiger charge is 2.18. The van der Waals surface area contributed by atoms with E-state index in [2.05, 4.69) is 17.2 Å². The van der Waals surface area contributed by atoms with Crippen molar-refractivity contribution >= 4 is 11.6 Å². The summed E-state index contributed by atoms with van der Waals surface area (Å²) in [6.45, 7) is 4.90. The number of aromatic nitrogens is 1. The Balaban J connectivity index is 1.92. The van der Waals surface area contributed by atoms with Gasteiger partial charge in [-0.05, 0) is 31.7 Å². The summed E-state index contributed by atoms with van der Waals surface area (Å²) in [6, 6.07) is 1.93. The van der Waals surface area contributed by atoms with Crippen LogP contribution in [0.2, 0.25) is 0 Å². The predicted molar refractivity (Wildman–Crippen MR) is 82.0 cm³/mol. The summed E-state index contributed by atoms with van der Waals surface area (Å²) in [5.41, 5.74) is 1.65. The van der Waals surface area contributed by atoms with Crippen LogP contribution in [0.4, 0.5) is 5.69 Å². The van der Waals surface area contributed by atoms with Crippen molar-refractivity contribution in [3.05, 3.63) is 24.0 Å². The molecule has 0 aliphatic carbocycles. The van der Waals surface area contributed by atoms with Gasteiger partial charge in [-0.2, -0.15) is 0 Å². The van der Waals surface area contributed by atoms with Gasteiger partial charge in [-0.15, -0.1) is 0 Å². The molecular formula is C16H25N3O. The first-order chi connectivity index (χ1) is 9.81. The predicted octanol–water partition coefficient (Wildman–Crippen LogP) is 3.31. The molecule has 0 aromatic carbocycles. The van der Waals surface area contributed by atoms with Crippen LogP contribution in [0, 0.1) is 0 Å². The number of nitrogens with one attached hydrogen (secondary N) is 1. The molecular weight excluding hydrogens is 250 g/mol. The molecule has 2 rings (SSSR count). The zero-order valence-electron chi connectivity index (χ0n) is 12.4. The van der Waals surface area contributed by atoms with Gasteiger partial charge in [0.25, 0.3) is 5.91 Å². The molecule has 1 aliphatic rings. The molecule has 0 unspecified atom stereocenters. The minimum absolute atomic E-state index is 0.120. The fourth-order valence-corrected chi connectivity index (χ4v) is 2.54. The third-order valence-electron chi connectivity index (χ3n) is 3.74. The Kier molecular flexibility index (Phi) is 5.84. The van der Waals surface area contributed by atoms with E-state index < -0.39 is 0 Å². The zero-order valence-corrected chi connectivity index (χ0v) is 12.4. The first-order valence-electron chi connectivity index (χ1n) is 7.79. The molecule has 4 heteroatoms. The van der Waals surface area contributed by atoms with Crippen LogP contribution in [-0.2, 0) is 0 Å². The van der Waals surface area contributed by atoms with Gasteiger partial charge in [-0.25, -0.2) is 0 Å². The number of piperidine rings is 1. The first-order valence-corrected chi connectivity index (χ1v) is 7.79. The summed E-state index contributed by atoms with van der Waals surface area (Å²) in [6.07, 6.45) is 10.5. The van der Waals surface area contributed by atoms with Crippen LogP contribution in [0.5, 0.6) is 0 Å². The van der Waals surface area contributed by atoms with E-state index in [1.54, 1.807) is 12.4 Å². The molecule has 0 saturated carbocycles. The second kappa shape index (κ2) is 7.88. The van der Waals surface area contributed by atoms with E-state index in [0.717, 1.165) is 44.6 Å². The molecule has 0 atom stereocenters. The summed E-state index contributed by atoms with van der Waals surface area (Å²) >= 11 is 0. The number of rotatable bonds is 6. The second-order valence-electron chi connectivity index (χ2n) is 5.45. The largest absolute Gasteiger partial charge is 0.384 e. The Morgan fingerprint density at radius 1 is 1.25 bits per heavy atom. The summed E-state index contributed by atoms with van der Waals surface area (Å²) in [7, 11) is 0. The van der Waals surface area contributed by atoms with E-state index in [1.165, 1.54) is 19.3 Å². The van der Waals surface area contributed by atoms with E-state index in [-0.39, 0.29) is 5.91 Å². The molecule has 1 aliphatic heterocycles. The number of nitrogens with zero attached hydrogens (tertiary/aromatic N) is 2. The molecule has 0 spiro atoms.